The van der Waals surface area contributed by atoms with Gasteiger partial charge in [0.2, 0.25) is 5.91 Å². The summed E-state index contributed by atoms with van der Waals surface area (Å²) in [5.41, 5.74) is 2.25. The highest BCUT2D eigenvalue weighted by Gasteiger charge is 2.27. The first-order chi connectivity index (χ1) is 16.0. The predicted octanol–water partition coefficient (Wildman–Crippen LogP) is 3.74. The summed E-state index contributed by atoms with van der Waals surface area (Å²) < 4.78 is 6.72. The molecule has 1 aromatic heterocycles. The van der Waals surface area contributed by atoms with Crippen molar-refractivity contribution in [3.05, 3.63) is 81.1 Å². The molecule has 172 valence electrons. The number of nitrogens with zero attached hydrogens (tertiary/aromatic N) is 3. The third kappa shape index (κ3) is 5.20. The Labute approximate surface area is 197 Å². The SMILES string of the molecule is COc1ccccc1CNC(=O)C1CCCN(c2ccc(=O)n(-c3ccc(C)c(Cl)c3)n2)C1. The summed E-state index contributed by atoms with van der Waals surface area (Å²) in [6, 6.07) is 16.3. The van der Waals surface area contributed by atoms with Crippen LogP contribution in [0.2, 0.25) is 5.02 Å². The number of ether oxygens (including phenoxy) is 1. The van der Waals surface area contributed by atoms with Gasteiger partial charge >= 0.3 is 0 Å². The molecular weight excluding hydrogens is 440 g/mol. The van der Waals surface area contributed by atoms with Crippen molar-refractivity contribution in [1.82, 2.24) is 15.1 Å². The minimum absolute atomic E-state index is 0.00393. The molecule has 1 saturated heterocycles. The molecule has 0 aliphatic carbocycles. The van der Waals surface area contributed by atoms with Crippen molar-refractivity contribution in [2.24, 2.45) is 5.92 Å². The molecule has 1 aliphatic rings. The van der Waals surface area contributed by atoms with Gasteiger partial charge < -0.3 is 15.0 Å². The van der Waals surface area contributed by atoms with Crippen molar-refractivity contribution >= 4 is 23.3 Å². The van der Waals surface area contributed by atoms with Gasteiger partial charge in [-0.05, 0) is 49.6 Å². The van der Waals surface area contributed by atoms with Gasteiger partial charge in [0.1, 0.15) is 11.6 Å². The Morgan fingerprint density at radius 3 is 2.82 bits per heavy atom. The molecule has 0 bridgehead atoms. The average molecular weight is 467 g/mol. The first kappa shape index (κ1) is 22.9. The van der Waals surface area contributed by atoms with Crippen LogP contribution in [0, 0.1) is 12.8 Å². The number of carbonyl (C=O) groups excluding carboxylic acids is 1. The standard InChI is InChI=1S/C25H27ClN4O3/c1-17-9-10-20(14-21(17)26)30-24(31)12-11-23(28-30)29-13-5-7-19(16-29)25(32)27-15-18-6-3-4-8-22(18)33-2/h3-4,6,8-12,14,19H,5,7,13,15-16H2,1-2H3,(H,27,32). The fourth-order valence-corrected chi connectivity index (χ4v) is 4.22. The maximum absolute atomic E-state index is 12.9. The van der Waals surface area contributed by atoms with Crippen LogP contribution in [0.4, 0.5) is 5.82 Å². The van der Waals surface area contributed by atoms with Gasteiger partial charge in [0.25, 0.3) is 5.56 Å². The normalized spacial score (nSPS) is 15.8. The van der Waals surface area contributed by atoms with E-state index in [2.05, 4.69) is 15.3 Å². The smallest absolute Gasteiger partial charge is 0.271 e. The third-order valence-corrected chi connectivity index (χ3v) is 6.36. The molecule has 0 saturated carbocycles. The number of hydrogen-bond donors (Lipinski definition) is 1. The lowest BCUT2D eigenvalue weighted by Crippen LogP contribution is -2.43. The van der Waals surface area contributed by atoms with E-state index in [0.717, 1.165) is 36.3 Å². The number of para-hydroxylation sites is 1. The average Bonchev–Trinajstić information content (AvgIpc) is 2.85. The lowest BCUT2D eigenvalue weighted by atomic mass is 9.97. The second-order valence-corrected chi connectivity index (χ2v) is 8.60. The van der Waals surface area contributed by atoms with Gasteiger partial charge in [0.15, 0.2) is 0 Å². The van der Waals surface area contributed by atoms with Crippen molar-refractivity contribution < 1.29 is 9.53 Å². The fourth-order valence-electron chi connectivity index (χ4n) is 4.04. The zero-order chi connectivity index (χ0) is 23.4. The minimum Gasteiger partial charge on any atom is -0.496 e. The van der Waals surface area contributed by atoms with Crippen LogP contribution in [0.1, 0.15) is 24.0 Å². The summed E-state index contributed by atoms with van der Waals surface area (Å²) in [6.07, 6.45) is 1.67. The van der Waals surface area contributed by atoms with Crippen LogP contribution in [0.15, 0.2) is 59.4 Å². The largest absolute Gasteiger partial charge is 0.496 e. The number of benzene rings is 2. The maximum Gasteiger partial charge on any atom is 0.271 e. The van der Waals surface area contributed by atoms with Crippen LogP contribution in [0.5, 0.6) is 5.75 Å². The van der Waals surface area contributed by atoms with Gasteiger partial charge in [-0.3, -0.25) is 9.59 Å². The Bertz CT molecular complexity index is 1210. The van der Waals surface area contributed by atoms with Crippen molar-refractivity contribution in [1.29, 1.82) is 0 Å². The fraction of sp³-hybridized carbons (Fsp3) is 0.320. The van der Waals surface area contributed by atoms with Crippen LogP contribution in [-0.4, -0.2) is 35.9 Å². The van der Waals surface area contributed by atoms with E-state index in [1.54, 1.807) is 19.2 Å². The summed E-state index contributed by atoms with van der Waals surface area (Å²) >= 11 is 6.25. The second kappa shape index (κ2) is 10.1. The maximum atomic E-state index is 12.9. The molecule has 1 amide bonds. The van der Waals surface area contributed by atoms with E-state index in [0.29, 0.717) is 29.6 Å². The number of rotatable bonds is 6. The highest BCUT2D eigenvalue weighted by atomic mass is 35.5. The molecule has 3 aromatic rings. The van der Waals surface area contributed by atoms with E-state index in [4.69, 9.17) is 16.3 Å². The summed E-state index contributed by atoms with van der Waals surface area (Å²) in [5.74, 6) is 1.26. The summed E-state index contributed by atoms with van der Waals surface area (Å²) in [7, 11) is 1.62. The number of amides is 1. The number of nitrogens with one attached hydrogen (secondary N) is 1. The Morgan fingerprint density at radius 1 is 1.21 bits per heavy atom. The molecule has 1 unspecified atom stereocenters. The second-order valence-electron chi connectivity index (χ2n) is 8.19. The molecule has 0 spiro atoms. The molecule has 8 heteroatoms. The molecule has 2 aromatic carbocycles. The zero-order valence-electron chi connectivity index (χ0n) is 18.8. The first-order valence-corrected chi connectivity index (χ1v) is 11.4. The minimum atomic E-state index is -0.234. The number of aromatic nitrogens is 2. The molecule has 33 heavy (non-hydrogen) atoms. The van der Waals surface area contributed by atoms with Crippen LogP contribution < -0.4 is 20.5 Å². The van der Waals surface area contributed by atoms with E-state index >= 15 is 0 Å². The number of hydrogen-bond acceptors (Lipinski definition) is 5. The van der Waals surface area contributed by atoms with E-state index in [-0.39, 0.29) is 17.4 Å². The van der Waals surface area contributed by atoms with Crippen LogP contribution in [0.3, 0.4) is 0 Å². The number of methoxy groups -OCH3 is 1. The summed E-state index contributed by atoms with van der Waals surface area (Å²) in [5, 5.41) is 8.19. The molecule has 1 fully saturated rings. The molecular formula is C25H27ClN4O3. The Hall–Kier alpha value is -3.32. The number of anilines is 1. The van der Waals surface area contributed by atoms with Crippen molar-refractivity contribution in [3.8, 4) is 11.4 Å². The number of carbonyl (C=O) groups is 1. The number of halogens is 1. The van der Waals surface area contributed by atoms with E-state index in [1.807, 2.05) is 43.3 Å². The van der Waals surface area contributed by atoms with Gasteiger partial charge in [-0.1, -0.05) is 35.9 Å². The first-order valence-electron chi connectivity index (χ1n) is 11.0. The van der Waals surface area contributed by atoms with Crippen molar-refractivity contribution in [2.75, 3.05) is 25.1 Å². The number of aryl methyl sites for hydroxylation is 1. The van der Waals surface area contributed by atoms with Gasteiger partial charge in [0, 0.05) is 36.3 Å². The molecule has 1 aliphatic heterocycles. The highest BCUT2D eigenvalue weighted by Crippen LogP contribution is 2.23. The van der Waals surface area contributed by atoms with Crippen LogP contribution >= 0.6 is 11.6 Å². The van der Waals surface area contributed by atoms with Gasteiger partial charge in [-0.15, -0.1) is 5.10 Å². The van der Waals surface area contributed by atoms with Crippen LogP contribution in [0.25, 0.3) is 5.69 Å². The van der Waals surface area contributed by atoms with Gasteiger partial charge in [-0.25, -0.2) is 0 Å². The van der Waals surface area contributed by atoms with Crippen molar-refractivity contribution in [2.45, 2.75) is 26.3 Å². The monoisotopic (exact) mass is 466 g/mol. The summed E-state index contributed by atoms with van der Waals surface area (Å²) in [6.45, 7) is 3.63. The lowest BCUT2D eigenvalue weighted by molar-refractivity contribution is -0.125. The topological polar surface area (TPSA) is 76.5 Å². The Balaban J connectivity index is 1.47. The molecule has 1 N–H and O–H groups in total. The van der Waals surface area contributed by atoms with Gasteiger partial charge in [-0.2, -0.15) is 4.68 Å². The van der Waals surface area contributed by atoms with E-state index in [1.165, 1.54) is 10.7 Å². The number of piperidine rings is 1. The summed E-state index contributed by atoms with van der Waals surface area (Å²) in [4.78, 5) is 27.4. The quantitative estimate of drug-likeness (QED) is 0.599. The molecule has 4 rings (SSSR count). The highest BCUT2D eigenvalue weighted by molar-refractivity contribution is 6.31. The Kier molecular flexibility index (Phi) is 6.99. The predicted molar refractivity (Wildman–Crippen MR) is 129 cm³/mol. The molecule has 0 radical (unpaired) electrons. The third-order valence-electron chi connectivity index (χ3n) is 5.95. The Morgan fingerprint density at radius 2 is 2.03 bits per heavy atom. The zero-order valence-corrected chi connectivity index (χ0v) is 19.5. The molecule has 1 atom stereocenters. The molecule has 7 nitrogen and oxygen atoms in total. The lowest BCUT2D eigenvalue weighted by Gasteiger charge is -2.33. The van der Waals surface area contributed by atoms with E-state index < -0.39 is 0 Å². The van der Waals surface area contributed by atoms with Crippen LogP contribution in [-0.2, 0) is 11.3 Å². The molecule has 2 heterocycles. The van der Waals surface area contributed by atoms with Gasteiger partial charge in [0.05, 0.1) is 18.7 Å². The van der Waals surface area contributed by atoms with Crippen molar-refractivity contribution in [3.63, 3.8) is 0 Å². The van der Waals surface area contributed by atoms with E-state index in [9.17, 15) is 9.59 Å².